The summed E-state index contributed by atoms with van der Waals surface area (Å²) in [5.74, 6) is -0.0233. The third kappa shape index (κ3) is 8.68. The Balaban J connectivity index is 1.89. The fourth-order valence-electron chi connectivity index (χ4n) is 3.33. The van der Waals surface area contributed by atoms with E-state index in [0.29, 0.717) is 6.42 Å². The number of hydrogen-bond donors (Lipinski definition) is 2. The lowest BCUT2D eigenvalue weighted by atomic mass is 9.98. The Kier molecular flexibility index (Phi) is 9.73. The van der Waals surface area contributed by atoms with Crippen molar-refractivity contribution < 1.29 is 4.79 Å². The molecule has 0 saturated carbocycles. The van der Waals surface area contributed by atoms with E-state index in [1.807, 2.05) is 26.2 Å². The molecule has 1 amide bonds. The highest BCUT2D eigenvalue weighted by molar-refractivity contribution is 5.81. The summed E-state index contributed by atoms with van der Waals surface area (Å²) in [6.07, 6.45) is 5.40. The number of carbonyl (C=O) groups is 1. The van der Waals surface area contributed by atoms with E-state index < -0.39 is 6.04 Å². The topological polar surface area (TPSA) is 58.4 Å². The number of nitrogens with two attached hydrogens (primary N) is 1. The lowest BCUT2D eigenvalue weighted by Crippen LogP contribution is -2.46. The highest BCUT2D eigenvalue weighted by atomic mass is 16.2. The maximum Gasteiger partial charge on any atom is 0.237 e. The number of amides is 1. The summed E-state index contributed by atoms with van der Waals surface area (Å²) in [6.45, 7) is 0.951. The molecule has 1 atom stereocenters. The van der Waals surface area contributed by atoms with E-state index in [1.165, 1.54) is 11.1 Å². The second-order valence-electron chi connectivity index (χ2n) is 7.81. The van der Waals surface area contributed by atoms with Crippen molar-refractivity contribution in [3.8, 4) is 0 Å². The second-order valence-corrected chi connectivity index (χ2v) is 7.81. The Morgan fingerprint density at radius 3 is 1.86 bits per heavy atom. The Hall–Kier alpha value is -2.17. The highest BCUT2D eigenvalue weighted by Gasteiger charge is 2.18. The van der Waals surface area contributed by atoms with Crippen molar-refractivity contribution in [2.75, 3.05) is 20.6 Å². The smallest absolute Gasteiger partial charge is 0.237 e. The Bertz CT molecular complexity index is 629. The number of hydrogen-bond acceptors (Lipinski definition) is 3. The van der Waals surface area contributed by atoms with Gasteiger partial charge < -0.3 is 16.0 Å². The van der Waals surface area contributed by atoms with Crippen LogP contribution in [0.5, 0.6) is 0 Å². The average molecular weight is 382 g/mol. The van der Waals surface area contributed by atoms with Gasteiger partial charge in [-0.2, -0.15) is 0 Å². The van der Waals surface area contributed by atoms with Gasteiger partial charge in [-0.1, -0.05) is 60.7 Å². The number of benzene rings is 2. The van der Waals surface area contributed by atoms with Gasteiger partial charge in [0.1, 0.15) is 0 Å². The largest absolute Gasteiger partial charge is 0.352 e. The van der Waals surface area contributed by atoms with Crippen molar-refractivity contribution >= 4 is 5.91 Å². The molecule has 0 heterocycles. The van der Waals surface area contributed by atoms with E-state index in [9.17, 15) is 4.79 Å². The summed E-state index contributed by atoms with van der Waals surface area (Å²) in [4.78, 5) is 14.7. The Labute approximate surface area is 170 Å². The summed E-state index contributed by atoms with van der Waals surface area (Å²) in [5, 5.41) is 3.22. The molecule has 0 aliphatic carbocycles. The second kappa shape index (κ2) is 12.3. The van der Waals surface area contributed by atoms with E-state index >= 15 is 0 Å². The van der Waals surface area contributed by atoms with E-state index in [4.69, 9.17) is 5.73 Å². The van der Waals surface area contributed by atoms with Crippen molar-refractivity contribution in [1.29, 1.82) is 0 Å². The molecule has 0 fully saturated rings. The first-order valence-electron chi connectivity index (χ1n) is 10.3. The number of aryl methyl sites for hydroxylation is 2. The quantitative estimate of drug-likeness (QED) is 0.592. The zero-order chi connectivity index (χ0) is 20.2. The standard InChI is InChI=1S/C24H35N3O/c1-27(2)19-9-14-23(25)24(28)26-22(17-15-20-10-5-3-6-11-20)18-16-21-12-7-4-8-13-21/h3-8,10-13,22-23H,9,14-19,25H2,1-2H3,(H,26,28)/t23-/m0/s1. The average Bonchev–Trinajstić information content (AvgIpc) is 2.71. The van der Waals surface area contributed by atoms with Gasteiger partial charge in [0.15, 0.2) is 0 Å². The monoisotopic (exact) mass is 381 g/mol. The molecule has 3 N–H and O–H groups in total. The zero-order valence-electron chi connectivity index (χ0n) is 17.3. The van der Waals surface area contributed by atoms with Gasteiger partial charge in [-0.3, -0.25) is 4.79 Å². The number of carbonyl (C=O) groups excluding carboxylic acids is 1. The van der Waals surface area contributed by atoms with Gasteiger partial charge in [-0.25, -0.2) is 0 Å². The molecule has 152 valence electrons. The third-order valence-corrected chi connectivity index (χ3v) is 5.05. The molecular formula is C24H35N3O. The SMILES string of the molecule is CN(C)CCC[C@H](N)C(=O)NC(CCc1ccccc1)CCc1ccccc1. The summed E-state index contributed by atoms with van der Waals surface area (Å²) >= 11 is 0. The fourth-order valence-corrected chi connectivity index (χ4v) is 3.33. The van der Waals surface area contributed by atoms with Gasteiger partial charge in [0.05, 0.1) is 6.04 Å². The van der Waals surface area contributed by atoms with Crippen LogP contribution in [0.2, 0.25) is 0 Å². The molecule has 0 bridgehead atoms. The highest BCUT2D eigenvalue weighted by Crippen LogP contribution is 2.12. The lowest BCUT2D eigenvalue weighted by Gasteiger charge is -2.22. The van der Waals surface area contributed by atoms with Gasteiger partial charge in [-0.15, -0.1) is 0 Å². The van der Waals surface area contributed by atoms with Gasteiger partial charge in [0.25, 0.3) is 0 Å². The van der Waals surface area contributed by atoms with Crippen molar-refractivity contribution in [3.05, 3.63) is 71.8 Å². The predicted molar refractivity (Wildman–Crippen MR) is 117 cm³/mol. The minimum absolute atomic E-state index is 0.0233. The molecule has 28 heavy (non-hydrogen) atoms. The van der Waals surface area contributed by atoms with E-state index in [2.05, 4.69) is 58.7 Å². The zero-order valence-corrected chi connectivity index (χ0v) is 17.3. The Morgan fingerprint density at radius 2 is 1.39 bits per heavy atom. The van der Waals surface area contributed by atoms with Crippen LogP contribution in [0.15, 0.2) is 60.7 Å². The first-order chi connectivity index (χ1) is 13.5. The lowest BCUT2D eigenvalue weighted by molar-refractivity contribution is -0.123. The van der Waals surface area contributed by atoms with Crippen LogP contribution < -0.4 is 11.1 Å². The molecule has 0 unspecified atom stereocenters. The van der Waals surface area contributed by atoms with Crippen molar-refractivity contribution in [3.63, 3.8) is 0 Å². The number of nitrogens with one attached hydrogen (secondary N) is 1. The van der Waals surface area contributed by atoms with Crippen molar-refractivity contribution in [1.82, 2.24) is 10.2 Å². The summed E-state index contributed by atoms with van der Waals surface area (Å²) in [6, 6.07) is 20.6. The minimum atomic E-state index is -0.434. The van der Waals surface area contributed by atoms with Crippen LogP contribution in [0.25, 0.3) is 0 Å². The normalized spacial score (nSPS) is 12.3. The summed E-state index contributed by atoms with van der Waals surface area (Å²) in [5.41, 5.74) is 8.74. The van der Waals surface area contributed by atoms with Crippen LogP contribution in [0, 0.1) is 0 Å². The van der Waals surface area contributed by atoms with E-state index in [1.54, 1.807) is 0 Å². The summed E-state index contributed by atoms with van der Waals surface area (Å²) < 4.78 is 0. The van der Waals surface area contributed by atoms with Crippen LogP contribution >= 0.6 is 0 Å². The van der Waals surface area contributed by atoms with E-state index in [0.717, 1.165) is 38.6 Å². The molecule has 2 aromatic carbocycles. The minimum Gasteiger partial charge on any atom is -0.352 e. The molecular weight excluding hydrogens is 346 g/mol. The van der Waals surface area contributed by atoms with Crippen LogP contribution in [-0.2, 0) is 17.6 Å². The van der Waals surface area contributed by atoms with Crippen molar-refractivity contribution in [2.45, 2.75) is 50.6 Å². The van der Waals surface area contributed by atoms with Crippen LogP contribution in [-0.4, -0.2) is 43.5 Å². The van der Waals surface area contributed by atoms with Gasteiger partial charge in [-0.05, 0) is 70.3 Å². The van der Waals surface area contributed by atoms with Crippen molar-refractivity contribution in [2.24, 2.45) is 5.73 Å². The van der Waals surface area contributed by atoms with Crippen LogP contribution in [0.1, 0.15) is 36.8 Å². The number of nitrogens with zero attached hydrogens (tertiary/aromatic N) is 1. The molecule has 2 rings (SSSR count). The molecule has 0 aromatic heterocycles. The van der Waals surface area contributed by atoms with Crippen LogP contribution in [0.4, 0.5) is 0 Å². The maximum atomic E-state index is 12.6. The summed E-state index contributed by atoms with van der Waals surface area (Å²) in [7, 11) is 4.07. The molecule has 4 heteroatoms. The Morgan fingerprint density at radius 1 is 0.893 bits per heavy atom. The number of rotatable bonds is 12. The molecule has 4 nitrogen and oxygen atoms in total. The molecule has 2 aromatic rings. The predicted octanol–water partition coefficient (Wildman–Crippen LogP) is 3.41. The van der Waals surface area contributed by atoms with Gasteiger partial charge in [0.2, 0.25) is 5.91 Å². The molecule has 0 aliphatic heterocycles. The third-order valence-electron chi connectivity index (χ3n) is 5.05. The van der Waals surface area contributed by atoms with Gasteiger partial charge in [0, 0.05) is 6.04 Å². The fraction of sp³-hybridized carbons (Fsp3) is 0.458. The molecule has 0 aliphatic rings. The first kappa shape index (κ1) is 22.1. The van der Waals surface area contributed by atoms with E-state index in [-0.39, 0.29) is 11.9 Å². The van der Waals surface area contributed by atoms with Gasteiger partial charge >= 0.3 is 0 Å². The van der Waals surface area contributed by atoms with Crippen LogP contribution in [0.3, 0.4) is 0 Å². The molecule has 0 saturated heterocycles. The molecule has 0 spiro atoms. The molecule has 0 radical (unpaired) electrons. The first-order valence-corrected chi connectivity index (χ1v) is 10.3. The maximum absolute atomic E-state index is 12.6.